The molecule has 0 fully saturated rings. The Morgan fingerprint density at radius 2 is 1.67 bits per heavy atom. The van der Waals surface area contributed by atoms with Crippen LogP contribution in [0.5, 0.6) is 0 Å². The van der Waals surface area contributed by atoms with Gasteiger partial charge in [0.15, 0.2) is 0 Å². The number of rotatable bonds is 8. The molecule has 1 rings (SSSR count). The van der Waals surface area contributed by atoms with Gasteiger partial charge >= 0.3 is 0 Å². The van der Waals surface area contributed by atoms with Gasteiger partial charge in [0.25, 0.3) is 0 Å². The van der Waals surface area contributed by atoms with Gasteiger partial charge < -0.3 is 4.74 Å². The van der Waals surface area contributed by atoms with Crippen LogP contribution in [0.4, 0.5) is 0 Å². The fraction of sp³-hybridized carbons (Fsp3) is 0.571. The van der Waals surface area contributed by atoms with Crippen LogP contribution in [0.25, 0.3) is 0 Å². The molecule has 102 valence electrons. The zero-order valence-electron chi connectivity index (χ0n) is 10.6. The van der Waals surface area contributed by atoms with Crippen molar-refractivity contribution in [3.05, 3.63) is 34.3 Å². The molecule has 0 aliphatic carbocycles. The zero-order chi connectivity index (χ0) is 13.4. The summed E-state index contributed by atoms with van der Waals surface area (Å²) in [6.07, 6.45) is 3.46. The van der Waals surface area contributed by atoms with Gasteiger partial charge in [0.05, 0.1) is 0 Å². The van der Waals surface area contributed by atoms with E-state index >= 15 is 0 Å². The minimum atomic E-state index is 0.175. The van der Waals surface area contributed by atoms with E-state index in [2.05, 4.69) is 72.1 Å². The molecule has 0 heterocycles. The molecular weight excluding hydrogens is 424 g/mol. The molecule has 0 saturated carbocycles. The summed E-state index contributed by atoms with van der Waals surface area (Å²) in [7, 11) is 1.76. The van der Waals surface area contributed by atoms with Crippen molar-refractivity contribution in [3.63, 3.8) is 0 Å². The van der Waals surface area contributed by atoms with E-state index in [9.17, 15) is 0 Å². The minimum Gasteiger partial charge on any atom is -0.385 e. The Morgan fingerprint density at radius 3 is 2.17 bits per heavy atom. The molecule has 0 aliphatic rings. The van der Waals surface area contributed by atoms with Crippen LogP contribution in [0, 0.1) is 0 Å². The van der Waals surface area contributed by atoms with E-state index in [4.69, 9.17) is 4.74 Å². The fourth-order valence-corrected chi connectivity index (χ4v) is 4.38. The van der Waals surface area contributed by atoms with Crippen molar-refractivity contribution in [2.24, 2.45) is 0 Å². The molecule has 4 heteroatoms. The SMILES string of the molecule is COCCCCC(CBr)(CBr)c1ccc(Br)cc1. The van der Waals surface area contributed by atoms with E-state index in [0.29, 0.717) is 0 Å². The van der Waals surface area contributed by atoms with Crippen LogP contribution in [0.2, 0.25) is 0 Å². The first-order chi connectivity index (χ1) is 8.68. The lowest BCUT2D eigenvalue weighted by Gasteiger charge is -2.31. The Bertz CT molecular complexity index is 333. The molecule has 0 aliphatic heterocycles. The van der Waals surface area contributed by atoms with Crippen molar-refractivity contribution in [2.45, 2.75) is 24.7 Å². The molecule has 0 radical (unpaired) electrons. The summed E-state index contributed by atoms with van der Waals surface area (Å²) in [5.41, 5.74) is 1.56. The molecule has 0 unspecified atom stereocenters. The number of halogens is 3. The van der Waals surface area contributed by atoms with Crippen molar-refractivity contribution in [1.29, 1.82) is 0 Å². The zero-order valence-corrected chi connectivity index (χ0v) is 15.4. The van der Waals surface area contributed by atoms with E-state index in [-0.39, 0.29) is 5.41 Å². The van der Waals surface area contributed by atoms with E-state index in [0.717, 1.165) is 34.6 Å². The van der Waals surface area contributed by atoms with Gasteiger partial charge in [-0.05, 0) is 30.5 Å². The van der Waals surface area contributed by atoms with Gasteiger partial charge in [0.1, 0.15) is 0 Å². The Labute approximate surface area is 135 Å². The molecular formula is C14H19Br3O. The number of methoxy groups -OCH3 is 1. The second-order valence-electron chi connectivity index (χ2n) is 4.50. The molecule has 1 nitrogen and oxygen atoms in total. The summed E-state index contributed by atoms with van der Waals surface area (Å²) in [6, 6.07) is 8.65. The monoisotopic (exact) mass is 440 g/mol. The number of unbranched alkanes of at least 4 members (excludes halogenated alkanes) is 1. The normalized spacial score (nSPS) is 11.8. The van der Waals surface area contributed by atoms with Gasteiger partial charge in [-0.15, -0.1) is 0 Å². The molecule has 0 spiro atoms. The van der Waals surface area contributed by atoms with Gasteiger partial charge in [-0.1, -0.05) is 66.3 Å². The van der Waals surface area contributed by atoms with Crippen molar-refractivity contribution in [1.82, 2.24) is 0 Å². The fourth-order valence-electron chi connectivity index (χ4n) is 1.98. The predicted octanol–water partition coefficient (Wildman–Crippen LogP) is 5.29. The van der Waals surface area contributed by atoms with Crippen LogP contribution < -0.4 is 0 Å². The van der Waals surface area contributed by atoms with Crippen LogP contribution in [-0.2, 0) is 10.2 Å². The summed E-state index contributed by atoms with van der Waals surface area (Å²) in [4.78, 5) is 0. The largest absolute Gasteiger partial charge is 0.385 e. The standard InChI is InChI=1S/C14H19Br3O/c1-18-9-3-2-8-14(10-15,11-16)12-4-6-13(17)7-5-12/h4-7H,2-3,8-11H2,1H3. The molecule has 0 saturated heterocycles. The quantitative estimate of drug-likeness (QED) is 0.392. The topological polar surface area (TPSA) is 9.23 Å². The number of alkyl halides is 2. The third kappa shape index (κ3) is 4.62. The van der Waals surface area contributed by atoms with Gasteiger partial charge in [-0.25, -0.2) is 0 Å². The van der Waals surface area contributed by atoms with Crippen molar-refractivity contribution < 1.29 is 4.74 Å². The smallest absolute Gasteiger partial charge is 0.0462 e. The second-order valence-corrected chi connectivity index (χ2v) is 6.54. The predicted molar refractivity (Wildman–Crippen MR) is 89.1 cm³/mol. The summed E-state index contributed by atoms with van der Waals surface area (Å²) in [5.74, 6) is 0. The number of hydrogen-bond acceptors (Lipinski definition) is 1. The highest BCUT2D eigenvalue weighted by Crippen LogP contribution is 2.34. The van der Waals surface area contributed by atoms with Crippen molar-refractivity contribution in [3.8, 4) is 0 Å². The average Bonchev–Trinajstić information content (AvgIpc) is 2.41. The van der Waals surface area contributed by atoms with Crippen molar-refractivity contribution >= 4 is 47.8 Å². The van der Waals surface area contributed by atoms with E-state index in [1.807, 2.05) is 0 Å². The molecule has 0 N–H and O–H groups in total. The summed E-state index contributed by atoms with van der Waals surface area (Å²) in [6.45, 7) is 0.848. The lowest BCUT2D eigenvalue weighted by atomic mass is 9.80. The van der Waals surface area contributed by atoms with Gasteiger partial charge in [0.2, 0.25) is 0 Å². The number of benzene rings is 1. The van der Waals surface area contributed by atoms with Crippen LogP contribution in [0.15, 0.2) is 28.7 Å². The molecule has 18 heavy (non-hydrogen) atoms. The number of ether oxygens (including phenoxy) is 1. The van der Waals surface area contributed by atoms with Crippen LogP contribution in [0.1, 0.15) is 24.8 Å². The molecule has 1 aromatic carbocycles. The van der Waals surface area contributed by atoms with E-state index in [1.54, 1.807) is 7.11 Å². The maximum Gasteiger partial charge on any atom is 0.0462 e. The first kappa shape index (κ1) is 16.7. The highest BCUT2D eigenvalue weighted by molar-refractivity contribution is 9.10. The maximum atomic E-state index is 5.12. The summed E-state index contributed by atoms with van der Waals surface area (Å²) >= 11 is 10.9. The molecule has 0 amide bonds. The van der Waals surface area contributed by atoms with E-state index < -0.39 is 0 Å². The maximum absolute atomic E-state index is 5.12. The van der Waals surface area contributed by atoms with Crippen molar-refractivity contribution in [2.75, 3.05) is 24.4 Å². The minimum absolute atomic E-state index is 0.175. The third-order valence-corrected chi connectivity index (χ3v) is 5.90. The van der Waals surface area contributed by atoms with Gasteiger partial charge in [0, 0.05) is 34.3 Å². The Morgan fingerprint density at radius 1 is 1.06 bits per heavy atom. The van der Waals surface area contributed by atoms with Gasteiger partial charge in [-0.2, -0.15) is 0 Å². The summed E-state index contributed by atoms with van der Waals surface area (Å²) in [5, 5.41) is 1.94. The molecule has 0 aromatic heterocycles. The molecule has 0 bridgehead atoms. The average molecular weight is 443 g/mol. The second kappa shape index (κ2) is 8.72. The Balaban J connectivity index is 2.75. The van der Waals surface area contributed by atoms with Gasteiger partial charge in [-0.3, -0.25) is 0 Å². The molecule has 1 aromatic rings. The van der Waals surface area contributed by atoms with E-state index in [1.165, 1.54) is 12.0 Å². The van der Waals surface area contributed by atoms with Crippen LogP contribution in [0.3, 0.4) is 0 Å². The van der Waals surface area contributed by atoms with Crippen LogP contribution in [-0.4, -0.2) is 24.4 Å². The Kier molecular flexibility index (Phi) is 8.08. The third-order valence-electron chi connectivity index (χ3n) is 3.22. The highest BCUT2D eigenvalue weighted by atomic mass is 79.9. The van der Waals surface area contributed by atoms with Crippen LogP contribution >= 0.6 is 47.8 Å². The lowest BCUT2D eigenvalue weighted by molar-refractivity contribution is 0.190. The highest BCUT2D eigenvalue weighted by Gasteiger charge is 2.29. The first-order valence-electron chi connectivity index (χ1n) is 6.05. The molecule has 0 atom stereocenters. The number of hydrogen-bond donors (Lipinski definition) is 0. The summed E-state index contributed by atoms with van der Waals surface area (Å²) < 4.78 is 6.24. The first-order valence-corrected chi connectivity index (χ1v) is 9.09. The Hall–Kier alpha value is 0.620. The lowest BCUT2D eigenvalue weighted by Crippen LogP contribution is -2.30.